The van der Waals surface area contributed by atoms with Gasteiger partial charge in [-0.1, -0.05) is 23.2 Å². The van der Waals surface area contributed by atoms with Crippen molar-refractivity contribution < 1.29 is 9.90 Å². The molecule has 1 aromatic carbocycles. The standard InChI is InChI=1S/C10H11Cl2NO2/c11-8-1-2-9(12)7(5-8)6-10(15)13-3-4-14/h1-2,5,14H,3-4,6H2,(H,13,15). The first-order chi connectivity index (χ1) is 7.13. The van der Waals surface area contributed by atoms with Gasteiger partial charge >= 0.3 is 0 Å². The van der Waals surface area contributed by atoms with E-state index in [4.69, 9.17) is 28.3 Å². The van der Waals surface area contributed by atoms with Gasteiger partial charge in [0.05, 0.1) is 13.0 Å². The van der Waals surface area contributed by atoms with Crippen molar-refractivity contribution in [3.63, 3.8) is 0 Å². The highest BCUT2D eigenvalue weighted by Gasteiger charge is 2.06. The fourth-order valence-corrected chi connectivity index (χ4v) is 1.49. The summed E-state index contributed by atoms with van der Waals surface area (Å²) in [7, 11) is 0. The van der Waals surface area contributed by atoms with Crippen molar-refractivity contribution in [1.29, 1.82) is 0 Å². The normalized spacial score (nSPS) is 10.1. The van der Waals surface area contributed by atoms with Crippen LogP contribution in [0.2, 0.25) is 10.0 Å². The molecule has 0 aliphatic carbocycles. The number of halogens is 2. The Kier molecular flexibility index (Phi) is 4.88. The third-order valence-electron chi connectivity index (χ3n) is 1.79. The predicted octanol–water partition coefficient (Wildman–Crippen LogP) is 1.64. The third kappa shape index (κ3) is 4.08. The topological polar surface area (TPSA) is 49.3 Å². The quantitative estimate of drug-likeness (QED) is 0.851. The second-order valence-electron chi connectivity index (χ2n) is 2.99. The van der Waals surface area contributed by atoms with Crippen molar-refractivity contribution in [2.45, 2.75) is 6.42 Å². The number of hydrogen-bond acceptors (Lipinski definition) is 2. The Bertz CT molecular complexity index is 355. The van der Waals surface area contributed by atoms with Crippen LogP contribution < -0.4 is 5.32 Å². The van der Waals surface area contributed by atoms with Crippen LogP contribution in [0.15, 0.2) is 18.2 Å². The van der Waals surface area contributed by atoms with Crippen LogP contribution >= 0.6 is 23.2 Å². The van der Waals surface area contributed by atoms with Gasteiger partial charge in [-0.15, -0.1) is 0 Å². The van der Waals surface area contributed by atoms with E-state index in [-0.39, 0.29) is 25.5 Å². The average molecular weight is 248 g/mol. The molecule has 0 aromatic heterocycles. The fraction of sp³-hybridized carbons (Fsp3) is 0.300. The van der Waals surface area contributed by atoms with Crippen LogP contribution in [0.4, 0.5) is 0 Å². The van der Waals surface area contributed by atoms with Crippen LogP contribution in [0.5, 0.6) is 0 Å². The van der Waals surface area contributed by atoms with Gasteiger partial charge in [-0.25, -0.2) is 0 Å². The lowest BCUT2D eigenvalue weighted by atomic mass is 10.1. The minimum absolute atomic E-state index is 0.0744. The van der Waals surface area contributed by atoms with E-state index < -0.39 is 0 Å². The maximum atomic E-state index is 11.3. The molecule has 0 unspecified atom stereocenters. The van der Waals surface area contributed by atoms with Gasteiger partial charge in [0.2, 0.25) is 5.91 Å². The number of amides is 1. The first kappa shape index (κ1) is 12.3. The molecule has 0 fully saturated rings. The van der Waals surface area contributed by atoms with Crippen LogP contribution in [0.3, 0.4) is 0 Å². The highest BCUT2D eigenvalue weighted by molar-refractivity contribution is 6.33. The maximum Gasteiger partial charge on any atom is 0.224 e. The minimum Gasteiger partial charge on any atom is -0.395 e. The summed E-state index contributed by atoms with van der Waals surface area (Å²) >= 11 is 11.7. The number of benzene rings is 1. The van der Waals surface area contributed by atoms with Gasteiger partial charge in [0.15, 0.2) is 0 Å². The molecule has 15 heavy (non-hydrogen) atoms. The molecule has 1 rings (SSSR count). The lowest BCUT2D eigenvalue weighted by Gasteiger charge is -2.05. The zero-order valence-electron chi connectivity index (χ0n) is 7.96. The van der Waals surface area contributed by atoms with E-state index in [9.17, 15) is 4.79 Å². The van der Waals surface area contributed by atoms with E-state index in [2.05, 4.69) is 5.32 Å². The minimum atomic E-state index is -0.187. The molecule has 0 radical (unpaired) electrons. The van der Waals surface area contributed by atoms with Crippen molar-refractivity contribution in [1.82, 2.24) is 5.32 Å². The number of aliphatic hydroxyl groups excluding tert-OH is 1. The van der Waals surface area contributed by atoms with E-state index in [1.165, 1.54) is 0 Å². The molecule has 82 valence electrons. The third-order valence-corrected chi connectivity index (χ3v) is 2.40. The molecule has 0 atom stereocenters. The lowest BCUT2D eigenvalue weighted by Crippen LogP contribution is -2.27. The Hall–Kier alpha value is -0.770. The monoisotopic (exact) mass is 247 g/mol. The number of carbonyl (C=O) groups excluding carboxylic acids is 1. The second-order valence-corrected chi connectivity index (χ2v) is 3.83. The molecule has 0 aliphatic rings. The summed E-state index contributed by atoms with van der Waals surface area (Å²) in [5.41, 5.74) is 0.680. The van der Waals surface area contributed by atoms with Crippen LogP contribution in [0, 0.1) is 0 Å². The maximum absolute atomic E-state index is 11.3. The number of rotatable bonds is 4. The van der Waals surface area contributed by atoms with E-state index in [1.54, 1.807) is 18.2 Å². The van der Waals surface area contributed by atoms with Gasteiger partial charge in [0.1, 0.15) is 0 Å². The molecule has 0 heterocycles. The molecule has 0 saturated carbocycles. The highest BCUT2D eigenvalue weighted by Crippen LogP contribution is 2.20. The van der Waals surface area contributed by atoms with Crippen molar-refractivity contribution >= 4 is 29.1 Å². The first-order valence-electron chi connectivity index (χ1n) is 4.45. The van der Waals surface area contributed by atoms with Gasteiger partial charge in [0, 0.05) is 16.6 Å². The zero-order valence-corrected chi connectivity index (χ0v) is 9.48. The van der Waals surface area contributed by atoms with Crippen LogP contribution in [0.1, 0.15) is 5.56 Å². The molecule has 0 bridgehead atoms. The second kappa shape index (κ2) is 5.95. The summed E-state index contributed by atoms with van der Waals surface area (Å²) in [6.07, 6.45) is 0.166. The van der Waals surface area contributed by atoms with Crippen molar-refractivity contribution in [2.24, 2.45) is 0 Å². The molecule has 0 saturated heterocycles. The summed E-state index contributed by atoms with van der Waals surface area (Å²) in [5.74, 6) is -0.187. The van der Waals surface area contributed by atoms with Gasteiger partial charge in [-0.3, -0.25) is 4.79 Å². The summed E-state index contributed by atoms with van der Waals surface area (Å²) in [6, 6.07) is 4.97. The number of nitrogens with one attached hydrogen (secondary N) is 1. The van der Waals surface area contributed by atoms with E-state index in [0.29, 0.717) is 15.6 Å². The predicted molar refractivity (Wildman–Crippen MR) is 60.3 cm³/mol. The molecular weight excluding hydrogens is 237 g/mol. The summed E-state index contributed by atoms with van der Waals surface area (Å²) in [5, 5.41) is 12.1. The zero-order chi connectivity index (χ0) is 11.3. The van der Waals surface area contributed by atoms with Gasteiger partial charge in [0.25, 0.3) is 0 Å². The van der Waals surface area contributed by atoms with Crippen LogP contribution in [0.25, 0.3) is 0 Å². The molecule has 1 aromatic rings. The molecule has 2 N–H and O–H groups in total. The average Bonchev–Trinajstić information content (AvgIpc) is 2.20. The highest BCUT2D eigenvalue weighted by atomic mass is 35.5. The number of aliphatic hydroxyl groups is 1. The lowest BCUT2D eigenvalue weighted by molar-refractivity contribution is -0.120. The molecule has 5 heteroatoms. The summed E-state index contributed by atoms with van der Waals surface area (Å²) in [6.45, 7) is 0.173. The van der Waals surface area contributed by atoms with Crippen molar-refractivity contribution in [2.75, 3.05) is 13.2 Å². The first-order valence-corrected chi connectivity index (χ1v) is 5.20. The van der Waals surface area contributed by atoms with Gasteiger partial charge < -0.3 is 10.4 Å². The van der Waals surface area contributed by atoms with Crippen molar-refractivity contribution in [3.05, 3.63) is 33.8 Å². The molecule has 3 nitrogen and oxygen atoms in total. The van der Waals surface area contributed by atoms with Crippen LogP contribution in [-0.2, 0) is 11.2 Å². The fourth-order valence-electron chi connectivity index (χ4n) is 1.11. The SMILES string of the molecule is O=C(Cc1cc(Cl)ccc1Cl)NCCO. The van der Waals surface area contributed by atoms with E-state index in [0.717, 1.165) is 0 Å². The van der Waals surface area contributed by atoms with Crippen molar-refractivity contribution in [3.8, 4) is 0 Å². The smallest absolute Gasteiger partial charge is 0.224 e. The number of carbonyl (C=O) groups is 1. The molecule has 0 aliphatic heterocycles. The van der Waals surface area contributed by atoms with Gasteiger partial charge in [-0.05, 0) is 23.8 Å². The van der Waals surface area contributed by atoms with Gasteiger partial charge in [-0.2, -0.15) is 0 Å². The molecule has 1 amide bonds. The number of hydrogen-bond donors (Lipinski definition) is 2. The molecule has 0 spiro atoms. The molecular formula is C10H11Cl2NO2. The Balaban J connectivity index is 2.63. The van der Waals surface area contributed by atoms with Crippen LogP contribution in [-0.4, -0.2) is 24.2 Å². The Morgan fingerprint density at radius 1 is 1.40 bits per heavy atom. The largest absolute Gasteiger partial charge is 0.395 e. The Morgan fingerprint density at radius 3 is 2.80 bits per heavy atom. The van der Waals surface area contributed by atoms with E-state index in [1.807, 2.05) is 0 Å². The summed E-state index contributed by atoms with van der Waals surface area (Å²) < 4.78 is 0. The Labute approximate surface area is 98.0 Å². The Morgan fingerprint density at radius 2 is 2.13 bits per heavy atom. The summed E-state index contributed by atoms with van der Waals surface area (Å²) in [4.78, 5) is 11.3. The van der Waals surface area contributed by atoms with E-state index >= 15 is 0 Å².